The van der Waals surface area contributed by atoms with Crippen LogP contribution in [0.15, 0.2) is 0 Å². The van der Waals surface area contributed by atoms with E-state index in [-0.39, 0.29) is 0 Å². The van der Waals surface area contributed by atoms with Crippen molar-refractivity contribution in [1.82, 2.24) is 4.90 Å². The third-order valence-corrected chi connectivity index (χ3v) is 2.63. The summed E-state index contributed by atoms with van der Waals surface area (Å²) in [5.74, 6) is -3.02. The Morgan fingerprint density at radius 1 is 1.26 bits per heavy atom. The van der Waals surface area contributed by atoms with E-state index in [2.05, 4.69) is 0 Å². The number of carbonyl (C=O) groups is 3. The minimum absolute atomic E-state index is 0.303. The molecule has 6 N–H and O–H groups in total. The van der Waals surface area contributed by atoms with E-state index < -0.39 is 36.5 Å². The predicted molar refractivity (Wildman–Crippen MR) is 66.9 cm³/mol. The summed E-state index contributed by atoms with van der Waals surface area (Å²) in [5.41, 5.74) is 10.9. The molecule has 0 aromatic carbocycles. The molecule has 0 aromatic rings. The van der Waals surface area contributed by atoms with Crippen LogP contribution in [-0.4, -0.2) is 58.1 Å². The van der Waals surface area contributed by atoms with Gasteiger partial charge >= 0.3 is 5.97 Å². The van der Waals surface area contributed by atoms with Crippen molar-refractivity contribution in [1.29, 1.82) is 0 Å². The molecule has 1 unspecified atom stereocenters. The number of aliphatic carboxylic acids is 1. The Labute approximate surface area is 111 Å². The van der Waals surface area contributed by atoms with Gasteiger partial charge in [-0.3, -0.25) is 14.5 Å². The minimum atomic E-state index is -1.61. The van der Waals surface area contributed by atoms with Gasteiger partial charge in [-0.15, -0.1) is 0 Å². The lowest BCUT2D eigenvalue weighted by molar-refractivity contribution is -0.159. The molecule has 0 spiro atoms. The fourth-order valence-electron chi connectivity index (χ4n) is 1.61. The molecule has 8 nitrogen and oxygen atoms in total. The molecule has 2 atom stereocenters. The zero-order chi connectivity index (χ0) is 15.0. The summed E-state index contributed by atoms with van der Waals surface area (Å²) in [6, 6.07) is -2.59. The molecule has 0 saturated heterocycles. The van der Waals surface area contributed by atoms with Crippen molar-refractivity contribution in [3.05, 3.63) is 0 Å². The van der Waals surface area contributed by atoms with Gasteiger partial charge < -0.3 is 21.7 Å². The highest BCUT2D eigenvalue weighted by atomic mass is 16.4. The lowest BCUT2D eigenvalue weighted by Crippen LogP contribution is -2.54. The number of nitrogens with zero attached hydrogens (tertiary/aromatic N) is 1. The van der Waals surface area contributed by atoms with Gasteiger partial charge in [-0.2, -0.15) is 0 Å². The summed E-state index contributed by atoms with van der Waals surface area (Å²) < 4.78 is 0. The molecule has 0 aliphatic carbocycles. The van der Waals surface area contributed by atoms with E-state index in [4.69, 9.17) is 21.7 Å². The number of rotatable bonds is 8. The number of carboxylic acid groups (broad SMARTS) is 1. The van der Waals surface area contributed by atoms with Crippen LogP contribution in [-0.2, 0) is 14.4 Å². The minimum Gasteiger partial charge on any atom is -0.480 e. The molecule has 0 aliphatic rings. The molecule has 0 aromatic heterocycles. The molecule has 0 fully saturated rings. The van der Waals surface area contributed by atoms with Crippen LogP contribution in [0.5, 0.6) is 0 Å². The highest BCUT2D eigenvalue weighted by Crippen LogP contribution is 2.07. The molecule has 0 bridgehead atoms. The molecule has 0 aliphatic heterocycles. The summed E-state index contributed by atoms with van der Waals surface area (Å²) in [5, 5.41) is 17.9. The summed E-state index contributed by atoms with van der Waals surface area (Å²) >= 11 is 0. The Morgan fingerprint density at radius 3 is 2.21 bits per heavy atom. The average molecular weight is 275 g/mol. The smallest absolute Gasteiger partial charge is 0.329 e. The Morgan fingerprint density at radius 2 is 1.84 bits per heavy atom. The number of aliphatic hydroxyl groups is 1. The van der Waals surface area contributed by atoms with Crippen molar-refractivity contribution in [3.8, 4) is 0 Å². The number of carboxylic acids is 1. The number of amides is 2. The van der Waals surface area contributed by atoms with Gasteiger partial charge in [-0.1, -0.05) is 6.42 Å². The summed E-state index contributed by atoms with van der Waals surface area (Å²) in [6.45, 7) is 0.665. The molecule has 0 rings (SSSR count). The normalized spacial score (nSPS) is 13.7. The first-order chi connectivity index (χ1) is 8.86. The number of carbonyl (C=O) groups excluding carboxylic acids is 2. The van der Waals surface area contributed by atoms with Crippen molar-refractivity contribution < 1.29 is 24.6 Å². The Hall–Kier alpha value is -1.51. The quantitative estimate of drug-likeness (QED) is 0.384. The second-order valence-corrected chi connectivity index (χ2v) is 4.15. The van der Waals surface area contributed by atoms with Crippen LogP contribution in [0.25, 0.3) is 0 Å². The zero-order valence-corrected chi connectivity index (χ0v) is 10.9. The lowest BCUT2D eigenvalue weighted by atomic mass is 10.1. The van der Waals surface area contributed by atoms with E-state index in [1.807, 2.05) is 0 Å². The number of aliphatic hydroxyl groups excluding tert-OH is 1. The highest BCUT2D eigenvalue weighted by molar-refractivity contribution is 6.00. The van der Waals surface area contributed by atoms with Crippen LogP contribution in [0.3, 0.4) is 0 Å². The SMILES string of the molecule is CC(=O)N(C(=O)C(N)CCCCN)[C@@H](CO)C(=O)O. The Balaban J connectivity index is 4.83. The molecule has 8 heteroatoms. The summed E-state index contributed by atoms with van der Waals surface area (Å²) in [4.78, 5) is 34.7. The van der Waals surface area contributed by atoms with Gasteiger partial charge in [0, 0.05) is 6.92 Å². The van der Waals surface area contributed by atoms with Crippen molar-refractivity contribution in [3.63, 3.8) is 0 Å². The first kappa shape index (κ1) is 17.5. The topological polar surface area (TPSA) is 147 Å². The van der Waals surface area contributed by atoms with Gasteiger partial charge in [0.2, 0.25) is 11.8 Å². The van der Waals surface area contributed by atoms with E-state index in [0.717, 1.165) is 6.92 Å². The van der Waals surface area contributed by atoms with E-state index >= 15 is 0 Å². The molecule has 2 amide bonds. The van der Waals surface area contributed by atoms with Crippen molar-refractivity contribution >= 4 is 17.8 Å². The maximum absolute atomic E-state index is 12.0. The Kier molecular flexibility index (Phi) is 7.89. The van der Waals surface area contributed by atoms with Crippen LogP contribution < -0.4 is 11.5 Å². The first-order valence-electron chi connectivity index (χ1n) is 5.99. The van der Waals surface area contributed by atoms with Gasteiger partial charge in [0.15, 0.2) is 6.04 Å². The van der Waals surface area contributed by atoms with Gasteiger partial charge in [0.05, 0.1) is 12.6 Å². The fraction of sp³-hybridized carbons (Fsp3) is 0.727. The van der Waals surface area contributed by atoms with Crippen molar-refractivity contribution in [2.45, 2.75) is 38.3 Å². The van der Waals surface area contributed by atoms with Gasteiger partial charge in [0.25, 0.3) is 0 Å². The maximum atomic E-state index is 12.0. The van der Waals surface area contributed by atoms with Crippen LogP contribution in [0.4, 0.5) is 0 Å². The third-order valence-electron chi connectivity index (χ3n) is 2.63. The van der Waals surface area contributed by atoms with Crippen molar-refractivity contribution in [2.75, 3.05) is 13.2 Å². The predicted octanol–water partition coefficient (Wildman–Crippen LogP) is -1.74. The maximum Gasteiger partial charge on any atom is 0.329 e. The number of nitrogens with two attached hydrogens (primary N) is 2. The molecule has 0 heterocycles. The van der Waals surface area contributed by atoms with Crippen LogP contribution in [0, 0.1) is 0 Å². The molecule has 19 heavy (non-hydrogen) atoms. The number of unbranched alkanes of at least 4 members (excludes halogenated alkanes) is 1. The summed E-state index contributed by atoms with van der Waals surface area (Å²) in [6.07, 6.45) is 1.59. The number of hydrogen-bond acceptors (Lipinski definition) is 6. The monoisotopic (exact) mass is 275 g/mol. The third kappa shape index (κ3) is 5.33. The van der Waals surface area contributed by atoms with Crippen LogP contribution in [0.2, 0.25) is 0 Å². The lowest BCUT2D eigenvalue weighted by Gasteiger charge is -2.27. The summed E-state index contributed by atoms with van der Waals surface area (Å²) in [7, 11) is 0. The van der Waals surface area contributed by atoms with E-state index in [1.54, 1.807) is 0 Å². The first-order valence-corrected chi connectivity index (χ1v) is 5.99. The molecular weight excluding hydrogens is 254 g/mol. The average Bonchev–Trinajstić information content (AvgIpc) is 2.34. The number of imide groups is 1. The Bertz CT molecular complexity index is 334. The van der Waals surface area contributed by atoms with Crippen molar-refractivity contribution in [2.24, 2.45) is 11.5 Å². The zero-order valence-electron chi connectivity index (χ0n) is 10.9. The van der Waals surface area contributed by atoms with Gasteiger partial charge in [0.1, 0.15) is 0 Å². The standard InChI is InChI=1S/C11H21N3O5/c1-7(16)14(9(6-15)11(18)19)10(17)8(13)4-2-3-5-12/h8-9,15H,2-6,12-13H2,1H3,(H,18,19)/t8?,9-/m0/s1. The van der Waals surface area contributed by atoms with Crippen LogP contribution in [0.1, 0.15) is 26.2 Å². The van der Waals surface area contributed by atoms with E-state index in [9.17, 15) is 14.4 Å². The van der Waals surface area contributed by atoms with Crippen LogP contribution >= 0.6 is 0 Å². The largest absolute Gasteiger partial charge is 0.480 e. The molecule has 0 saturated carbocycles. The molecular formula is C11H21N3O5. The second kappa shape index (κ2) is 8.57. The highest BCUT2D eigenvalue weighted by Gasteiger charge is 2.34. The van der Waals surface area contributed by atoms with E-state index in [0.29, 0.717) is 30.7 Å². The molecule has 110 valence electrons. The fourth-order valence-corrected chi connectivity index (χ4v) is 1.61. The van der Waals surface area contributed by atoms with Gasteiger partial charge in [-0.25, -0.2) is 4.79 Å². The van der Waals surface area contributed by atoms with E-state index in [1.165, 1.54) is 0 Å². The van der Waals surface area contributed by atoms with Gasteiger partial charge in [-0.05, 0) is 19.4 Å². The second-order valence-electron chi connectivity index (χ2n) is 4.15. The molecule has 0 radical (unpaired) electrons. The number of hydrogen-bond donors (Lipinski definition) is 4.